The van der Waals surface area contributed by atoms with Crippen molar-refractivity contribution >= 4 is 16.8 Å². The van der Waals surface area contributed by atoms with Crippen LogP contribution in [0.15, 0.2) is 35.1 Å². The van der Waals surface area contributed by atoms with E-state index >= 15 is 0 Å². The van der Waals surface area contributed by atoms with Crippen LogP contribution in [0.3, 0.4) is 0 Å². The summed E-state index contributed by atoms with van der Waals surface area (Å²) >= 11 is 0. The maximum Gasteiger partial charge on any atom is 0.240 e. The second-order valence-corrected chi connectivity index (χ2v) is 7.36. The Bertz CT molecular complexity index is 839. The molecule has 4 heteroatoms. The zero-order valence-electron chi connectivity index (χ0n) is 14.1. The molecule has 1 N–H and O–H groups in total. The number of aryl methyl sites for hydroxylation is 1. The number of para-hydroxylation sites is 1. The van der Waals surface area contributed by atoms with Gasteiger partial charge in [0.05, 0.1) is 5.52 Å². The maximum absolute atomic E-state index is 12.6. The summed E-state index contributed by atoms with van der Waals surface area (Å²) in [6.45, 7) is 2.17. The van der Waals surface area contributed by atoms with E-state index in [9.17, 15) is 9.59 Å². The third-order valence-corrected chi connectivity index (χ3v) is 5.96. The van der Waals surface area contributed by atoms with Crippen LogP contribution in [0.2, 0.25) is 0 Å². The van der Waals surface area contributed by atoms with E-state index in [0.29, 0.717) is 17.3 Å². The smallest absolute Gasteiger partial charge is 0.240 e. The predicted octanol–water partition coefficient (Wildman–Crippen LogP) is 3.00. The first-order chi connectivity index (χ1) is 11.6. The lowest BCUT2D eigenvalue weighted by atomic mass is 9.98. The molecule has 1 aromatic carbocycles. The zero-order chi connectivity index (χ0) is 16.7. The van der Waals surface area contributed by atoms with E-state index in [2.05, 4.69) is 5.32 Å². The predicted molar refractivity (Wildman–Crippen MR) is 94.9 cm³/mol. The van der Waals surface area contributed by atoms with Gasteiger partial charge in [0.2, 0.25) is 5.91 Å². The van der Waals surface area contributed by atoms with E-state index < -0.39 is 0 Å². The molecule has 126 valence electrons. The number of fused-ring (bicyclic) bond motifs is 2. The largest absolute Gasteiger partial charge is 0.352 e. The van der Waals surface area contributed by atoms with Gasteiger partial charge in [-0.25, -0.2) is 0 Å². The summed E-state index contributed by atoms with van der Waals surface area (Å²) < 4.78 is 1.95. The van der Waals surface area contributed by atoms with Crippen LogP contribution < -0.4 is 10.7 Å². The molecular formula is C20H24N2O2. The van der Waals surface area contributed by atoms with Gasteiger partial charge < -0.3 is 9.88 Å². The Balaban J connectivity index is 1.56. The van der Waals surface area contributed by atoms with Crippen molar-refractivity contribution in [3.05, 3.63) is 46.2 Å². The van der Waals surface area contributed by atoms with E-state index in [-0.39, 0.29) is 17.9 Å². The van der Waals surface area contributed by atoms with Crippen molar-refractivity contribution < 1.29 is 4.79 Å². The van der Waals surface area contributed by atoms with Crippen LogP contribution in [-0.2, 0) is 11.3 Å². The summed E-state index contributed by atoms with van der Waals surface area (Å²) in [7, 11) is 0. The van der Waals surface area contributed by atoms with Crippen LogP contribution in [0.5, 0.6) is 0 Å². The van der Waals surface area contributed by atoms with Crippen molar-refractivity contribution in [3.8, 4) is 0 Å². The fourth-order valence-corrected chi connectivity index (χ4v) is 4.80. The molecular weight excluding hydrogens is 300 g/mol. The normalized spacial score (nSPS) is 25.8. The molecule has 2 aliphatic carbocycles. The molecule has 1 heterocycles. The molecule has 0 saturated heterocycles. The Morgan fingerprint density at radius 1 is 1.21 bits per heavy atom. The number of aromatic nitrogens is 1. The summed E-state index contributed by atoms with van der Waals surface area (Å²) in [6.07, 6.45) is 6.28. The fourth-order valence-electron chi connectivity index (χ4n) is 4.80. The number of carbonyl (C=O) groups is 1. The van der Waals surface area contributed by atoms with Crippen molar-refractivity contribution in [1.29, 1.82) is 0 Å². The Kier molecular flexibility index (Phi) is 3.91. The highest BCUT2D eigenvalue weighted by Crippen LogP contribution is 2.43. The van der Waals surface area contributed by atoms with Gasteiger partial charge in [0, 0.05) is 23.2 Å². The van der Waals surface area contributed by atoms with Crippen LogP contribution in [-0.4, -0.2) is 16.5 Å². The molecule has 0 unspecified atom stereocenters. The lowest BCUT2D eigenvalue weighted by Gasteiger charge is -2.21. The van der Waals surface area contributed by atoms with Crippen molar-refractivity contribution in [2.45, 2.75) is 51.6 Å². The van der Waals surface area contributed by atoms with Crippen molar-refractivity contribution in [1.82, 2.24) is 9.88 Å². The summed E-state index contributed by atoms with van der Waals surface area (Å²) in [5.74, 6) is 1.57. The van der Waals surface area contributed by atoms with Crippen LogP contribution in [0.4, 0.5) is 0 Å². The Hall–Kier alpha value is -2.10. The molecule has 0 aliphatic heterocycles. The number of hydrogen-bond donors (Lipinski definition) is 1. The van der Waals surface area contributed by atoms with Gasteiger partial charge in [-0.2, -0.15) is 0 Å². The number of hydrogen-bond acceptors (Lipinski definition) is 2. The highest BCUT2D eigenvalue weighted by molar-refractivity contribution is 5.82. The van der Waals surface area contributed by atoms with Gasteiger partial charge >= 0.3 is 0 Å². The summed E-state index contributed by atoms with van der Waals surface area (Å²) in [6, 6.07) is 9.48. The first kappa shape index (κ1) is 15.4. The second kappa shape index (κ2) is 6.08. The molecule has 2 saturated carbocycles. The van der Waals surface area contributed by atoms with Crippen molar-refractivity contribution in [2.24, 2.45) is 11.8 Å². The topological polar surface area (TPSA) is 51.1 Å². The van der Waals surface area contributed by atoms with Crippen LogP contribution >= 0.6 is 0 Å². The molecule has 2 fully saturated rings. The molecule has 4 nitrogen and oxygen atoms in total. The van der Waals surface area contributed by atoms with Crippen molar-refractivity contribution in [2.75, 3.05) is 0 Å². The van der Waals surface area contributed by atoms with E-state index in [0.717, 1.165) is 23.5 Å². The van der Waals surface area contributed by atoms with Crippen molar-refractivity contribution in [3.63, 3.8) is 0 Å². The van der Waals surface area contributed by atoms with Gasteiger partial charge in [0.25, 0.3) is 0 Å². The van der Waals surface area contributed by atoms with E-state index in [4.69, 9.17) is 0 Å². The number of pyridine rings is 1. The Morgan fingerprint density at radius 3 is 2.92 bits per heavy atom. The van der Waals surface area contributed by atoms with Crippen LogP contribution in [0.1, 0.15) is 37.8 Å². The van der Waals surface area contributed by atoms with Gasteiger partial charge in [-0.1, -0.05) is 25.0 Å². The lowest BCUT2D eigenvalue weighted by molar-refractivity contribution is -0.122. The molecule has 2 aliphatic rings. The highest BCUT2D eigenvalue weighted by Gasteiger charge is 2.39. The van der Waals surface area contributed by atoms with Crippen LogP contribution in [0, 0.1) is 18.8 Å². The van der Waals surface area contributed by atoms with E-state index in [1.807, 2.05) is 35.8 Å². The average molecular weight is 324 g/mol. The van der Waals surface area contributed by atoms with Gasteiger partial charge in [-0.15, -0.1) is 0 Å². The summed E-state index contributed by atoms with van der Waals surface area (Å²) in [5, 5.41) is 3.94. The van der Waals surface area contributed by atoms with Gasteiger partial charge in [0.15, 0.2) is 5.43 Å². The average Bonchev–Trinajstić information content (AvgIpc) is 3.17. The standard InChI is InChI=1S/C20H24N2O2/c1-13-11-19(23)16-6-2-3-8-18(16)22(13)12-20(24)21-17-10-9-14-5-4-7-15(14)17/h2-3,6,8,11,14-15,17H,4-5,7,9-10,12H2,1H3,(H,21,24)/t14-,15-,17-/m0/s1. The van der Waals surface area contributed by atoms with Gasteiger partial charge in [0.1, 0.15) is 6.54 Å². The minimum atomic E-state index is 0.0179. The first-order valence-electron chi connectivity index (χ1n) is 9.02. The molecule has 3 atom stereocenters. The Labute approximate surface area is 141 Å². The maximum atomic E-state index is 12.6. The number of benzene rings is 1. The summed E-state index contributed by atoms with van der Waals surface area (Å²) in [4.78, 5) is 24.8. The molecule has 2 aromatic rings. The molecule has 0 bridgehead atoms. The fraction of sp³-hybridized carbons (Fsp3) is 0.500. The third-order valence-electron chi connectivity index (χ3n) is 5.96. The number of rotatable bonds is 3. The number of nitrogens with one attached hydrogen (secondary N) is 1. The minimum Gasteiger partial charge on any atom is -0.352 e. The van der Waals surface area contributed by atoms with E-state index in [1.165, 1.54) is 25.7 Å². The molecule has 1 aromatic heterocycles. The molecule has 0 radical (unpaired) electrons. The first-order valence-corrected chi connectivity index (χ1v) is 9.02. The number of carbonyl (C=O) groups excluding carboxylic acids is 1. The highest BCUT2D eigenvalue weighted by atomic mass is 16.2. The van der Waals surface area contributed by atoms with Gasteiger partial charge in [-0.05, 0) is 50.2 Å². The molecule has 0 spiro atoms. The minimum absolute atomic E-state index is 0.0179. The third kappa shape index (κ3) is 2.64. The second-order valence-electron chi connectivity index (χ2n) is 7.36. The van der Waals surface area contributed by atoms with E-state index in [1.54, 1.807) is 6.07 Å². The molecule has 24 heavy (non-hydrogen) atoms. The lowest BCUT2D eigenvalue weighted by Crippen LogP contribution is -2.39. The number of nitrogens with zero attached hydrogens (tertiary/aromatic N) is 1. The molecule has 4 rings (SSSR count). The monoisotopic (exact) mass is 324 g/mol. The number of amides is 1. The zero-order valence-corrected chi connectivity index (χ0v) is 14.1. The van der Waals surface area contributed by atoms with Crippen LogP contribution in [0.25, 0.3) is 10.9 Å². The summed E-state index contributed by atoms with van der Waals surface area (Å²) in [5.41, 5.74) is 1.69. The Morgan fingerprint density at radius 2 is 2.04 bits per heavy atom. The van der Waals surface area contributed by atoms with Gasteiger partial charge in [-0.3, -0.25) is 9.59 Å². The molecule has 1 amide bonds. The SMILES string of the molecule is Cc1cc(=O)c2ccccc2n1CC(=O)N[C@H]1CC[C@@H]2CCC[C@@H]21. The quantitative estimate of drug-likeness (QED) is 0.943.